The van der Waals surface area contributed by atoms with Crippen LogP contribution in [0.2, 0.25) is 0 Å². The van der Waals surface area contributed by atoms with Crippen LogP contribution in [0.25, 0.3) is 0 Å². The minimum atomic E-state index is -0.775. The van der Waals surface area contributed by atoms with E-state index in [2.05, 4.69) is 0 Å². The molecule has 0 unspecified atom stereocenters. The molecule has 0 amide bonds. The van der Waals surface area contributed by atoms with Gasteiger partial charge in [0.05, 0.1) is 13.2 Å². The van der Waals surface area contributed by atoms with Crippen LogP contribution in [0, 0.1) is 11.6 Å². The van der Waals surface area contributed by atoms with Crippen molar-refractivity contribution in [2.24, 2.45) is 0 Å². The summed E-state index contributed by atoms with van der Waals surface area (Å²) in [7, 11) is 0. The highest BCUT2D eigenvalue weighted by atomic mass is 19.1. The molecule has 1 N–H and O–H groups in total. The maximum absolute atomic E-state index is 13.1. The van der Waals surface area contributed by atoms with E-state index in [9.17, 15) is 8.78 Å². The molecule has 4 heteroatoms. The molecule has 14 heavy (non-hydrogen) atoms. The first-order chi connectivity index (χ1) is 6.69. The van der Waals surface area contributed by atoms with Crippen molar-refractivity contribution in [1.82, 2.24) is 0 Å². The first-order valence-electron chi connectivity index (χ1n) is 4.40. The fourth-order valence-electron chi connectivity index (χ4n) is 1.10. The predicted octanol–water partition coefficient (Wildman–Crippen LogP) is 2.25. The van der Waals surface area contributed by atoms with Crippen LogP contribution >= 0.6 is 0 Å². The molecule has 0 saturated carbocycles. The smallest absolute Gasteiger partial charge is 0.168 e. The molecule has 0 fully saturated rings. The fourth-order valence-corrected chi connectivity index (χ4v) is 1.10. The lowest BCUT2D eigenvalue weighted by molar-refractivity contribution is 0.255. The van der Waals surface area contributed by atoms with Crippen molar-refractivity contribution in [2.45, 2.75) is 20.0 Å². The van der Waals surface area contributed by atoms with Crippen molar-refractivity contribution >= 4 is 0 Å². The Morgan fingerprint density at radius 1 is 1.36 bits per heavy atom. The van der Waals surface area contributed by atoms with Gasteiger partial charge in [-0.15, -0.1) is 0 Å². The molecule has 0 bridgehead atoms. The number of rotatable bonds is 4. The van der Waals surface area contributed by atoms with Gasteiger partial charge in [0, 0.05) is 11.6 Å². The molecule has 0 saturated heterocycles. The van der Waals surface area contributed by atoms with Gasteiger partial charge in [-0.25, -0.2) is 8.78 Å². The molecule has 0 aliphatic heterocycles. The minimum Gasteiger partial charge on any atom is -0.490 e. The van der Waals surface area contributed by atoms with E-state index in [1.165, 1.54) is 0 Å². The quantitative estimate of drug-likeness (QED) is 0.811. The molecule has 0 aliphatic carbocycles. The van der Waals surface area contributed by atoms with Gasteiger partial charge < -0.3 is 9.84 Å². The Bertz CT molecular complexity index is 313. The second kappa shape index (κ2) is 4.91. The van der Waals surface area contributed by atoms with E-state index in [0.29, 0.717) is 6.61 Å². The summed E-state index contributed by atoms with van der Waals surface area (Å²) >= 11 is 0. The van der Waals surface area contributed by atoms with Crippen molar-refractivity contribution < 1.29 is 18.6 Å². The zero-order valence-corrected chi connectivity index (χ0v) is 7.89. The van der Waals surface area contributed by atoms with E-state index >= 15 is 0 Å². The van der Waals surface area contributed by atoms with Crippen molar-refractivity contribution in [3.8, 4) is 5.75 Å². The Hall–Kier alpha value is -1.16. The highest BCUT2D eigenvalue weighted by molar-refractivity contribution is 5.35. The summed E-state index contributed by atoms with van der Waals surface area (Å²) in [4.78, 5) is 0. The zero-order valence-electron chi connectivity index (χ0n) is 7.89. The third-order valence-corrected chi connectivity index (χ3v) is 1.71. The van der Waals surface area contributed by atoms with Gasteiger partial charge in [-0.1, -0.05) is 6.92 Å². The van der Waals surface area contributed by atoms with Crippen molar-refractivity contribution in [3.63, 3.8) is 0 Å². The Labute approximate surface area is 81.1 Å². The predicted molar refractivity (Wildman–Crippen MR) is 48.1 cm³/mol. The molecule has 1 aromatic carbocycles. The highest BCUT2D eigenvalue weighted by Gasteiger charge is 2.11. The minimum absolute atomic E-state index is 0.0595. The molecular formula is C10H12F2O2. The van der Waals surface area contributed by atoms with Gasteiger partial charge in [0.2, 0.25) is 0 Å². The molecule has 0 heterocycles. The molecule has 0 spiro atoms. The second-order valence-corrected chi connectivity index (χ2v) is 2.88. The lowest BCUT2D eigenvalue weighted by atomic mass is 10.2. The molecule has 0 aromatic heterocycles. The van der Waals surface area contributed by atoms with Crippen LogP contribution in [0.4, 0.5) is 8.78 Å². The van der Waals surface area contributed by atoms with E-state index in [1.807, 2.05) is 6.92 Å². The SMILES string of the molecule is CCCOc1c(F)cc(F)cc1CO. The average Bonchev–Trinajstić information content (AvgIpc) is 2.15. The van der Waals surface area contributed by atoms with Gasteiger partial charge in [0.15, 0.2) is 11.6 Å². The highest BCUT2D eigenvalue weighted by Crippen LogP contribution is 2.24. The summed E-state index contributed by atoms with van der Waals surface area (Å²) in [5, 5.41) is 8.85. The van der Waals surface area contributed by atoms with Crippen molar-refractivity contribution in [3.05, 3.63) is 29.3 Å². The van der Waals surface area contributed by atoms with Crippen LogP contribution in [0.5, 0.6) is 5.75 Å². The summed E-state index contributed by atoms with van der Waals surface area (Å²) in [6.45, 7) is 1.78. The summed E-state index contributed by atoms with van der Waals surface area (Å²) in [6.07, 6.45) is 0.724. The van der Waals surface area contributed by atoms with Gasteiger partial charge >= 0.3 is 0 Å². The van der Waals surface area contributed by atoms with Crippen molar-refractivity contribution in [2.75, 3.05) is 6.61 Å². The number of hydrogen-bond acceptors (Lipinski definition) is 2. The maximum Gasteiger partial charge on any atom is 0.168 e. The van der Waals surface area contributed by atoms with E-state index in [1.54, 1.807) is 0 Å². The number of hydrogen-bond donors (Lipinski definition) is 1. The molecule has 1 rings (SSSR count). The van der Waals surface area contributed by atoms with E-state index < -0.39 is 18.2 Å². The Morgan fingerprint density at radius 2 is 2.07 bits per heavy atom. The molecule has 0 atom stereocenters. The Morgan fingerprint density at radius 3 is 2.64 bits per heavy atom. The van der Waals surface area contributed by atoms with Gasteiger partial charge in [0.1, 0.15) is 5.82 Å². The van der Waals surface area contributed by atoms with E-state index in [4.69, 9.17) is 9.84 Å². The molecular weight excluding hydrogens is 190 g/mol. The number of aliphatic hydroxyl groups excluding tert-OH is 1. The van der Waals surface area contributed by atoms with Crippen molar-refractivity contribution in [1.29, 1.82) is 0 Å². The third-order valence-electron chi connectivity index (χ3n) is 1.71. The normalized spacial score (nSPS) is 10.3. The van der Waals surface area contributed by atoms with Crippen LogP contribution in [0.3, 0.4) is 0 Å². The first-order valence-corrected chi connectivity index (χ1v) is 4.40. The fraction of sp³-hybridized carbons (Fsp3) is 0.400. The molecule has 0 radical (unpaired) electrons. The van der Waals surface area contributed by atoms with Crippen LogP contribution in [-0.4, -0.2) is 11.7 Å². The molecule has 78 valence electrons. The zero-order chi connectivity index (χ0) is 10.6. The van der Waals surface area contributed by atoms with Crippen LogP contribution in [0.1, 0.15) is 18.9 Å². The van der Waals surface area contributed by atoms with Gasteiger partial charge in [-0.3, -0.25) is 0 Å². The maximum atomic E-state index is 13.1. The lowest BCUT2D eigenvalue weighted by Crippen LogP contribution is -2.02. The number of benzene rings is 1. The van der Waals surface area contributed by atoms with Gasteiger partial charge in [-0.2, -0.15) is 0 Å². The Balaban J connectivity index is 2.99. The summed E-state index contributed by atoms with van der Waals surface area (Å²) in [6, 6.07) is 1.80. The molecule has 1 aromatic rings. The average molecular weight is 202 g/mol. The monoisotopic (exact) mass is 202 g/mol. The first kappa shape index (κ1) is 10.9. The van der Waals surface area contributed by atoms with Crippen LogP contribution < -0.4 is 4.74 Å². The van der Waals surface area contributed by atoms with Crippen LogP contribution in [-0.2, 0) is 6.61 Å². The van der Waals surface area contributed by atoms with E-state index in [0.717, 1.165) is 18.6 Å². The largest absolute Gasteiger partial charge is 0.490 e. The lowest BCUT2D eigenvalue weighted by Gasteiger charge is -2.10. The summed E-state index contributed by atoms with van der Waals surface area (Å²) in [5.74, 6) is -1.55. The number of halogens is 2. The van der Waals surface area contributed by atoms with Gasteiger partial charge in [-0.05, 0) is 12.5 Å². The standard InChI is InChI=1S/C10H12F2O2/c1-2-3-14-10-7(6-13)4-8(11)5-9(10)12/h4-5,13H,2-3,6H2,1H3. The molecule has 2 nitrogen and oxygen atoms in total. The molecule has 0 aliphatic rings. The van der Waals surface area contributed by atoms with E-state index in [-0.39, 0.29) is 11.3 Å². The summed E-state index contributed by atoms with van der Waals surface area (Å²) < 4.78 is 30.9. The number of aliphatic hydroxyl groups is 1. The number of ether oxygens (including phenoxy) is 1. The van der Waals surface area contributed by atoms with Crippen LogP contribution in [0.15, 0.2) is 12.1 Å². The topological polar surface area (TPSA) is 29.5 Å². The second-order valence-electron chi connectivity index (χ2n) is 2.88. The third kappa shape index (κ3) is 2.42. The summed E-state index contributed by atoms with van der Waals surface area (Å²) in [5.41, 5.74) is 0.135. The van der Waals surface area contributed by atoms with Gasteiger partial charge in [0.25, 0.3) is 0 Å². The Kier molecular flexibility index (Phi) is 3.83.